The standard InChI is InChI=1S/C10H10F2INO2/c1-2-16-8(15)5-6-3-4-7(9(11)12)14-10(6)13/h3-4,9H,2,5H2,1H3. The van der Waals surface area contributed by atoms with Crippen molar-refractivity contribution in [3.05, 3.63) is 27.1 Å². The van der Waals surface area contributed by atoms with Crippen LogP contribution in [0.4, 0.5) is 8.78 Å². The molecule has 16 heavy (non-hydrogen) atoms. The van der Waals surface area contributed by atoms with Crippen LogP contribution in [0.3, 0.4) is 0 Å². The molecule has 0 radical (unpaired) electrons. The number of ether oxygens (including phenoxy) is 1. The summed E-state index contributed by atoms with van der Waals surface area (Å²) in [6.07, 6.45) is -2.53. The summed E-state index contributed by atoms with van der Waals surface area (Å²) < 4.78 is 29.8. The van der Waals surface area contributed by atoms with Gasteiger partial charge in [0.1, 0.15) is 9.39 Å². The Morgan fingerprint density at radius 3 is 2.75 bits per heavy atom. The van der Waals surface area contributed by atoms with Gasteiger partial charge in [0.15, 0.2) is 0 Å². The van der Waals surface area contributed by atoms with E-state index in [0.29, 0.717) is 15.9 Å². The van der Waals surface area contributed by atoms with Gasteiger partial charge < -0.3 is 4.74 Å². The number of aromatic nitrogens is 1. The van der Waals surface area contributed by atoms with Crippen LogP contribution in [0.15, 0.2) is 12.1 Å². The zero-order valence-corrected chi connectivity index (χ0v) is 10.7. The summed E-state index contributed by atoms with van der Waals surface area (Å²) in [4.78, 5) is 14.9. The van der Waals surface area contributed by atoms with E-state index in [-0.39, 0.29) is 18.1 Å². The molecule has 1 rings (SSSR count). The Balaban J connectivity index is 2.79. The maximum absolute atomic E-state index is 12.3. The molecule has 0 spiro atoms. The van der Waals surface area contributed by atoms with Gasteiger partial charge in [-0.25, -0.2) is 13.8 Å². The summed E-state index contributed by atoms with van der Waals surface area (Å²) in [5.74, 6) is -0.382. The van der Waals surface area contributed by atoms with E-state index in [1.807, 2.05) is 22.6 Å². The highest BCUT2D eigenvalue weighted by molar-refractivity contribution is 14.1. The summed E-state index contributed by atoms with van der Waals surface area (Å²) in [5.41, 5.74) is 0.320. The highest BCUT2D eigenvalue weighted by Gasteiger charge is 2.13. The van der Waals surface area contributed by atoms with Crippen molar-refractivity contribution in [2.45, 2.75) is 19.8 Å². The van der Waals surface area contributed by atoms with Crippen molar-refractivity contribution in [3.8, 4) is 0 Å². The first kappa shape index (κ1) is 13.3. The molecule has 1 aromatic heterocycles. The fraction of sp³-hybridized carbons (Fsp3) is 0.400. The van der Waals surface area contributed by atoms with Crippen LogP contribution in [0.1, 0.15) is 24.6 Å². The Hall–Kier alpha value is -0.790. The van der Waals surface area contributed by atoms with Crippen LogP contribution in [0, 0.1) is 3.70 Å². The molecule has 6 heteroatoms. The van der Waals surface area contributed by atoms with Gasteiger partial charge in [0.25, 0.3) is 6.43 Å². The molecule has 1 heterocycles. The molecule has 0 atom stereocenters. The van der Waals surface area contributed by atoms with Crippen LogP contribution in [0.25, 0.3) is 0 Å². The normalized spacial score (nSPS) is 10.6. The number of esters is 1. The largest absolute Gasteiger partial charge is 0.466 e. The first-order valence-corrected chi connectivity index (χ1v) is 5.71. The molecule has 0 fully saturated rings. The second-order valence-corrected chi connectivity index (χ2v) is 3.99. The van der Waals surface area contributed by atoms with Gasteiger partial charge in [-0.1, -0.05) is 6.07 Å². The van der Waals surface area contributed by atoms with E-state index in [4.69, 9.17) is 4.74 Å². The predicted octanol–water partition coefficient (Wildman–Crippen LogP) is 2.73. The second-order valence-electron chi connectivity index (χ2n) is 2.97. The van der Waals surface area contributed by atoms with E-state index in [1.54, 1.807) is 6.92 Å². The lowest BCUT2D eigenvalue weighted by Crippen LogP contribution is -2.09. The van der Waals surface area contributed by atoms with Gasteiger partial charge in [-0.05, 0) is 41.1 Å². The number of carbonyl (C=O) groups excluding carboxylic acids is 1. The van der Waals surface area contributed by atoms with E-state index in [1.165, 1.54) is 12.1 Å². The maximum Gasteiger partial charge on any atom is 0.310 e. The topological polar surface area (TPSA) is 39.2 Å². The second kappa shape index (κ2) is 6.07. The van der Waals surface area contributed by atoms with Crippen LogP contribution in [0.5, 0.6) is 0 Å². The van der Waals surface area contributed by atoms with Gasteiger partial charge >= 0.3 is 5.97 Å². The molecule has 88 valence electrons. The minimum absolute atomic E-state index is 0.0582. The summed E-state index contributed by atoms with van der Waals surface area (Å²) in [6.45, 7) is 2.01. The number of nitrogens with zero attached hydrogens (tertiary/aromatic N) is 1. The highest BCUT2D eigenvalue weighted by atomic mass is 127. The number of carbonyl (C=O) groups is 1. The van der Waals surface area contributed by atoms with Gasteiger partial charge in [0, 0.05) is 0 Å². The predicted molar refractivity (Wildman–Crippen MR) is 62.2 cm³/mol. The molecule has 0 aliphatic heterocycles. The lowest BCUT2D eigenvalue weighted by molar-refractivity contribution is -0.142. The minimum atomic E-state index is -2.59. The molecule has 0 saturated carbocycles. The van der Waals surface area contributed by atoms with Crippen molar-refractivity contribution in [2.75, 3.05) is 6.61 Å². The van der Waals surface area contributed by atoms with Crippen LogP contribution in [-0.4, -0.2) is 17.6 Å². The molecule has 0 saturated heterocycles. The molecular formula is C10H10F2INO2. The number of rotatable bonds is 4. The zero-order chi connectivity index (χ0) is 12.1. The first-order valence-electron chi connectivity index (χ1n) is 4.63. The summed E-state index contributed by atoms with van der Waals surface area (Å²) >= 11 is 1.83. The number of halogens is 3. The Morgan fingerprint density at radius 2 is 2.25 bits per heavy atom. The van der Waals surface area contributed by atoms with Crippen molar-refractivity contribution in [3.63, 3.8) is 0 Å². The van der Waals surface area contributed by atoms with Crippen LogP contribution >= 0.6 is 22.6 Å². The van der Waals surface area contributed by atoms with E-state index in [9.17, 15) is 13.6 Å². The van der Waals surface area contributed by atoms with E-state index in [2.05, 4.69) is 4.98 Å². The average Bonchev–Trinajstić information content (AvgIpc) is 2.21. The molecule has 0 bridgehead atoms. The smallest absolute Gasteiger partial charge is 0.310 e. The van der Waals surface area contributed by atoms with Gasteiger partial charge in [-0.3, -0.25) is 4.79 Å². The number of pyridine rings is 1. The quantitative estimate of drug-likeness (QED) is 0.480. The van der Waals surface area contributed by atoms with Crippen molar-refractivity contribution in [1.82, 2.24) is 4.98 Å². The Labute approximate surface area is 105 Å². The highest BCUT2D eigenvalue weighted by Crippen LogP contribution is 2.19. The van der Waals surface area contributed by atoms with Gasteiger partial charge in [0.2, 0.25) is 0 Å². The minimum Gasteiger partial charge on any atom is -0.466 e. The maximum atomic E-state index is 12.3. The van der Waals surface area contributed by atoms with Gasteiger partial charge in [-0.15, -0.1) is 0 Å². The van der Waals surface area contributed by atoms with Crippen LogP contribution < -0.4 is 0 Å². The molecule has 1 aromatic rings. The van der Waals surface area contributed by atoms with E-state index < -0.39 is 6.43 Å². The lowest BCUT2D eigenvalue weighted by atomic mass is 10.2. The molecule has 0 aliphatic carbocycles. The fourth-order valence-electron chi connectivity index (χ4n) is 1.10. The van der Waals surface area contributed by atoms with Crippen LogP contribution in [-0.2, 0) is 16.0 Å². The number of alkyl halides is 2. The number of hydrogen-bond donors (Lipinski definition) is 0. The number of hydrogen-bond acceptors (Lipinski definition) is 3. The van der Waals surface area contributed by atoms with E-state index >= 15 is 0 Å². The summed E-state index contributed by atoms with van der Waals surface area (Å²) in [7, 11) is 0. The first-order chi connectivity index (χ1) is 7.54. The Morgan fingerprint density at radius 1 is 1.56 bits per heavy atom. The monoisotopic (exact) mass is 341 g/mol. The van der Waals surface area contributed by atoms with Crippen molar-refractivity contribution >= 4 is 28.6 Å². The van der Waals surface area contributed by atoms with E-state index in [0.717, 1.165) is 0 Å². The Bertz CT molecular complexity index is 385. The molecule has 0 amide bonds. The fourth-order valence-corrected chi connectivity index (χ4v) is 1.75. The lowest BCUT2D eigenvalue weighted by Gasteiger charge is -2.05. The molecule has 3 nitrogen and oxygen atoms in total. The molecule has 0 aromatic carbocycles. The third kappa shape index (κ3) is 3.66. The molecule has 0 N–H and O–H groups in total. The third-order valence-corrected chi connectivity index (χ3v) is 2.75. The molecular weight excluding hydrogens is 331 g/mol. The van der Waals surface area contributed by atoms with Gasteiger partial charge in [0.05, 0.1) is 13.0 Å². The van der Waals surface area contributed by atoms with Crippen molar-refractivity contribution < 1.29 is 18.3 Å². The van der Waals surface area contributed by atoms with Crippen molar-refractivity contribution in [2.24, 2.45) is 0 Å². The van der Waals surface area contributed by atoms with Crippen LogP contribution in [0.2, 0.25) is 0 Å². The third-order valence-electron chi connectivity index (χ3n) is 1.81. The summed E-state index contributed by atoms with van der Waals surface area (Å²) in [5, 5.41) is 0. The summed E-state index contributed by atoms with van der Waals surface area (Å²) in [6, 6.07) is 2.70. The van der Waals surface area contributed by atoms with Gasteiger partial charge in [-0.2, -0.15) is 0 Å². The molecule has 0 aliphatic rings. The Kier molecular flexibility index (Phi) is 5.04. The average molecular weight is 341 g/mol. The zero-order valence-electron chi connectivity index (χ0n) is 8.54. The molecule has 0 unspecified atom stereocenters. The van der Waals surface area contributed by atoms with Crippen molar-refractivity contribution in [1.29, 1.82) is 0 Å². The SMILES string of the molecule is CCOC(=O)Cc1ccc(C(F)F)nc1I.